The summed E-state index contributed by atoms with van der Waals surface area (Å²) >= 11 is 0. The summed E-state index contributed by atoms with van der Waals surface area (Å²) in [6.07, 6.45) is 2.23. The van der Waals surface area contributed by atoms with Crippen LogP contribution in [0.3, 0.4) is 0 Å². The van der Waals surface area contributed by atoms with E-state index in [4.69, 9.17) is 19.9 Å². The van der Waals surface area contributed by atoms with Gasteiger partial charge in [0, 0.05) is 24.3 Å². The Balaban J connectivity index is 1.79. The summed E-state index contributed by atoms with van der Waals surface area (Å²) in [6.45, 7) is 6.77. The van der Waals surface area contributed by atoms with Gasteiger partial charge in [-0.2, -0.15) is 0 Å². The molecule has 0 aliphatic carbocycles. The molecule has 196 valence electrons. The van der Waals surface area contributed by atoms with E-state index in [1.54, 1.807) is 18.2 Å². The normalized spacial score (nSPS) is 16.9. The number of primary amides is 1. The van der Waals surface area contributed by atoms with E-state index in [0.29, 0.717) is 24.0 Å². The Morgan fingerprint density at radius 3 is 2.30 bits per heavy atom. The highest BCUT2D eigenvalue weighted by Gasteiger charge is 2.40. The fourth-order valence-corrected chi connectivity index (χ4v) is 6.18. The van der Waals surface area contributed by atoms with Crippen LogP contribution in [-0.2, 0) is 9.84 Å². The molecule has 2 aromatic heterocycles. The molecule has 37 heavy (non-hydrogen) atoms. The van der Waals surface area contributed by atoms with E-state index in [1.165, 1.54) is 44.7 Å². The summed E-state index contributed by atoms with van der Waals surface area (Å²) in [5, 5.41) is -0.312. The van der Waals surface area contributed by atoms with Gasteiger partial charge in [0.05, 0.1) is 19.1 Å². The number of hydrogen-bond acceptors (Lipinski definition) is 9. The lowest BCUT2D eigenvalue weighted by atomic mass is 9.97. The van der Waals surface area contributed by atoms with Gasteiger partial charge in [0.1, 0.15) is 11.4 Å². The maximum Gasteiger partial charge on any atom is 0.253 e. The van der Waals surface area contributed by atoms with Crippen molar-refractivity contribution in [2.45, 2.75) is 42.7 Å². The van der Waals surface area contributed by atoms with Crippen molar-refractivity contribution in [3.05, 3.63) is 54.2 Å². The molecule has 1 unspecified atom stereocenters. The molecule has 0 spiro atoms. The van der Waals surface area contributed by atoms with Gasteiger partial charge in [-0.25, -0.2) is 18.4 Å². The molecule has 1 aliphatic heterocycles. The van der Waals surface area contributed by atoms with Crippen molar-refractivity contribution < 1.29 is 27.4 Å². The lowest BCUT2D eigenvalue weighted by Crippen LogP contribution is -2.40. The van der Waals surface area contributed by atoms with Crippen molar-refractivity contribution in [3.8, 4) is 23.1 Å². The summed E-state index contributed by atoms with van der Waals surface area (Å²) in [5.74, 6) is 0.688. The van der Waals surface area contributed by atoms with Crippen LogP contribution in [-0.4, -0.2) is 50.6 Å². The van der Waals surface area contributed by atoms with Crippen LogP contribution in [0.1, 0.15) is 37.6 Å². The molecule has 1 aromatic carbocycles. The quantitative estimate of drug-likeness (QED) is 0.464. The molecule has 0 bridgehead atoms. The van der Waals surface area contributed by atoms with Gasteiger partial charge in [-0.15, -0.1) is 0 Å². The van der Waals surface area contributed by atoms with E-state index < -0.39 is 15.7 Å². The van der Waals surface area contributed by atoms with Gasteiger partial charge < -0.3 is 24.8 Å². The maximum absolute atomic E-state index is 13.8. The average Bonchev–Trinajstić information content (AvgIpc) is 3.15. The molecule has 1 atom stereocenters. The van der Waals surface area contributed by atoms with E-state index in [9.17, 15) is 13.2 Å². The molecular weight excluding hydrogens is 496 g/mol. The molecule has 1 saturated heterocycles. The zero-order chi connectivity index (χ0) is 27.0. The Labute approximate surface area is 216 Å². The molecular formula is C26H30N4O6S. The lowest BCUT2D eigenvalue weighted by Gasteiger charge is -2.33. The fraction of sp³-hybridized carbons (Fsp3) is 0.346. The van der Waals surface area contributed by atoms with Crippen LogP contribution in [0.15, 0.2) is 58.6 Å². The van der Waals surface area contributed by atoms with Crippen molar-refractivity contribution in [2.75, 3.05) is 25.7 Å². The number of carbonyl (C=O) groups is 1. The number of pyridine rings is 2. The highest BCUT2D eigenvalue weighted by molar-refractivity contribution is 7.91. The van der Waals surface area contributed by atoms with Crippen molar-refractivity contribution in [2.24, 2.45) is 11.7 Å². The predicted molar refractivity (Wildman–Crippen MR) is 137 cm³/mol. The molecule has 4 rings (SSSR count). The molecule has 10 nitrogen and oxygen atoms in total. The molecule has 1 amide bonds. The Hall–Kier alpha value is -3.86. The van der Waals surface area contributed by atoms with Gasteiger partial charge >= 0.3 is 0 Å². The van der Waals surface area contributed by atoms with E-state index in [0.717, 1.165) is 6.42 Å². The first-order chi connectivity index (χ1) is 17.5. The number of rotatable bonds is 8. The van der Waals surface area contributed by atoms with Crippen molar-refractivity contribution in [3.63, 3.8) is 0 Å². The second-order valence-corrected chi connectivity index (χ2v) is 11.4. The van der Waals surface area contributed by atoms with Crippen molar-refractivity contribution >= 4 is 21.6 Å². The molecule has 2 N–H and O–H groups in total. The van der Waals surface area contributed by atoms with Crippen LogP contribution >= 0.6 is 0 Å². The van der Waals surface area contributed by atoms with Crippen LogP contribution in [0.4, 0.5) is 5.82 Å². The second kappa shape index (κ2) is 9.89. The molecule has 3 heterocycles. The Bertz CT molecular complexity index is 1420. The largest absolute Gasteiger partial charge is 0.493 e. The minimum absolute atomic E-state index is 0.00622. The molecule has 0 saturated carbocycles. The first-order valence-corrected chi connectivity index (χ1v) is 13.2. The topological polar surface area (TPSA) is 134 Å². The summed E-state index contributed by atoms with van der Waals surface area (Å²) in [7, 11) is -1.33. The van der Waals surface area contributed by atoms with Crippen molar-refractivity contribution in [1.82, 2.24) is 9.97 Å². The molecule has 0 radical (unpaired) electrons. The SMILES string of the molecule is COc1cccc(OC)c1Oc1cccc(S(=O)(=O)c2ccnc(N3CC(C)CC3(C)C)c2C(N)=O)n1. The second-order valence-electron chi connectivity index (χ2n) is 9.52. The summed E-state index contributed by atoms with van der Waals surface area (Å²) in [4.78, 5) is 22.9. The van der Waals surface area contributed by atoms with Crippen molar-refractivity contribution in [1.29, 1.82) is 0 Å². The zero-order valence-corrected chi connectivity index (χ0v) is 22.2. The number of anilines is 1. The smallest absolute Gasteiger partial charge is 0.253 e. The highest BCUT2D eigenvalue weighted by Crippen LogP contribution is 2.41. The maximum atomic E-state index is 13.8. The average molecular weight is 527 g/mol. The first kappa shape index (κ1) is 26.2. The summed E-state index contributed by atoms with van der Waals surface area (Å²) < 4.78 is 44.1. The number of amides is 1. The number of para-hydroxylation sites is 1. The number of carbonyl (C=O) groups excluding carboxylic acids is 1. The number of methoxy groups -OCH3 is 2. The van der Waals surface area contributed by atoms with E-state index in [1.807, 2.05) is 18.7 Å². The fourth-order valence-electron chi connectivity index (χ4n) is 4.79. The van der Waals surface area contributed by atoms with Gasteiger partial charge in [-0.05, 0) is 50.5 Å². The van der Waals surface area contributed by atoms with Crippen LogP contribution in [0.25, 0.3) is 0 Å². The van der Waals surface area contributed by atoms with Gasteiger partial charge in [-0.1, -0.05) is 19.1 Å². The third-order valence-electron chi connectivity index (χ3n) is 6.32. The first-order valence-electron chi connectivity index (χ1n) is 11.7. The Morgan fingerprint density at radius 1 is 1.08 bits per heavy atom. The molecule has 11 heteroatoms. The third kappa shape index (κ3) is 4.91. The predicted octanol–water partition coefficient (Wildman–Crippen LogP) is 3.84. The number of benzene rings is 1. The molecule has 1 fully saturated rings. The number of nitrogens with zero attached hydrogens (tertiary/aromatic N) is 3. The number of nitrogens with two attached hydrogens (primary N) is 1. The van der Waals surface area contributed by atoms with Gasteiger partial charge in [0.25, 0.3) is 5.91 Å². The third-order valence-corrected chi connectivity index (χ3v) is 8.02. The van der Waals surface area contributed by atoms with E-state index in [-0.39, 0.29) is 38.5 Å². The summed E-state index contributed by atoms with van der Waals surface area (Å²) in [5.41, 5.74) is 5.24. The van der Waals surface area contributed by atoms with Crippen LogP contribution < -0.4 is 24.8 Å². The molecule has 1 aliphatic rings. The van der Waals surface area contributed by atoms with Gasteiger partial charge in [0.2, 0.25) is 21.5 Å². The standard InChI is InChI=1S/C26H30N4O6S/c1-16-14-26(2,3)30(15-16)25-22(24(27)31)19(12-13-28-25)37(32,33)21-11-7-10-20(29-21)36-23-17(34-4)8-6-9-18(23)35-5/h6-13,16H,14-15H2,1-5H3,(H2,27,31). The zero-order valence-electron chi connectivity index (χ0n) is 21.4. The number of sulfone groups is 1. The minimum Gasteiger partial charge on any atom is -0.493 e. The Morgan fingerprint density at radius 2 is 1.73 bits per heavy atom. The summed E-state index contributed by atoms with van der Waals surface area (Å²) in [6, 6.07) is 10.7. The number of aromatic nitrogens is 2. The van der Waals surface area contributed by atoms with E-state index in [2.05, 4.69) is 16.9 Å². The van der Waals surface area contributed by atoms with Gasteiger partial charge in [-0.3, -0.25) is 4.79 Å². The lowest BCUT2D eigenvalue weighted by molar-refractivity contribution is 0.0997. The minimum atomic E-state index is -4.28. The molecule has 3 aromatic rings. The number of hydrogen-bond donors (Lipinski definition) is 1. The van der Waals surface area contributed by atoms with Gasteiger partial charge in [0.15, 0.2) is 16.5 Å². The van der Waals surface area contributed by atoms with Crippen LogP contribution in [0, 0.1) is 5.92 Å². The van der Waals surface area contributed by atoms with E-state index >= 15 is 0 Å². The van der Waals surface area contributed by atoms with Crippen LogP contribution in [0.2, 0.25) is 0 Å². The highest BCUT2D eigenvalue weighted by atomic mass is 32.2. The Kier molecular flexibility index (Phi) is 7.00. The van der Waals surface area contributed by atoms with Crippen LogP contribution in [0.5, 0.6) is 23.1 Å². The monoisotopic (exact) mass is 526 g/mol. The number of ether oxygens (including phenoxy) is 3.